The minimum atomic E-state index is 0.313. The number of ether oxygens (including phenoxy) is 1. The van der Waals surface area contributed by atoms with Crippen molar-refractivity contribution in [1.29, 1.82) is 0 Å². The average molecular weight is 208 g/mol. The van der Waals surface area contributed by atoms with Crippen LogP contribution in [0.25, 0.3) is 0 Å². The van der Waals surface area contributed by atoms with Crippen molar-refractivity contribution >= 4 is 11.4 Å². The van der Waals surface area contributed by atoms with Crippen LogP contribution in [0.4, 0.5) is 11.4 Å². The molecule has 1 rings (SSSR count). The van der Waals surface area contributed by atoms with Gasteiger partial charge in [-0.15, -0.1) is 0 Å². The molecule has 0 saturated carbocycles. The molecule has 0 aliphatic heterocycles. The van der Waals surface area contributed by atoms with Gasteiger partial charge in [0.1, 0.15) is 0 Å². The molecule has 1 aromatic rings. The number of nitrogens with two attached hydrogens (primary N) is 1. The second-order valence-corrected chi connectivity index (χ2v) is 3.78. The standard InChI is InChI=1S/C12H20N2O/c1-4-15-8-10(3)14-11-5-6-12(13)9(2)7-11/h5-7,10,14H,4,8,13H2,1-3H3. The van der Waals surface area contributed by atoms with Gasteiger partial charge in [-0.05, 0) is 44.5 Å². The van der Waals surface area contributed by atoms with Crippen molar-refractivity contribution in [2.75, 3.05) is 24.3 Å². The van der Waals surface area contributed by atoms with Crippen LogP contribution >= 0.6 is 0 Å². The second-order valence-electron chi connectivity index (χ2n) is 3.78. The first-order chi connectivity index (χ1) is 7.13. The lowest BCUT2D eigenvalue weighted by Gasteiger charge is -2.15. The molecule has 0 aromatic heterocycles. The highest BCUT2D eigenvalue weighted by atomic mass is 16.5. The quantitative estimate of drug-likeness (QED) is 0.730. The van der Waals surface area contributed by atoms with Gasteiger partial charge in [-0.1, -0.05) is 0 Å². The first kappa shape index (κ1) is 11.9. The van der Waals surface area contributed by atoms with Gasteiger partial charge in [0.25, 0.3) is 0 Å². The molecule has 1 unspecified atom stereocenters. The molecular weight excluding hydrogens is 188 g/mol. The molecule has 0 radical (unpaired) electrons. The van der Waals surface area contributed by atoms with Crippen molar-refractivity contribution in [1.82, 2.24) is 0 Å². The zero-order valence-electron chi connectivity index (χ0n) is 9.71. The van der Waals surface area contributed by atoms with E-state index in [1.807, 2.05) is 26.0 Å². The molecule has 0 saturated heterocycles. The Morgan fingerprint density at radius 2 is 2.20 bits per heavy atom. The van der Waals surface area contributed by atoms with Crippen LogP contribution < -0.4 is 11.1 Å². The molecule has 3 heteroatoms. The zero-order chi connectivity index (χ0) is 11.3. The van der Waals surface area contributed by atoms with Crippen LogP contribution in [0, 0.1) is 6.92 Å². The number of hydrogen-bond donors (Lipinski definition) is 2. The lowest BCUT2D eigenvalue weighted by molar-refractivity contribution is 0.141. The topological polar surface area (TPSA) is 47.3 Å². The van der Waals surface area contributed by atoms with E-state index < -0.39 is 0 Å². The molecule has 0 heterocycles. The van der Waals surface area contributed by atoms with Crippen molar-refractivity contribution in [2.45, 2.75) is 26.8 Å². The number of rotatable bonds is 5. The van der Waals surface area contributed by atoms with E-state index in [1.165, 1.54) is 0 Å². The van der Waals surface area contributed by atoms with E-state index in [2.05, 4.69) is 18.3 Å². The zero-order valence-corrected chi connectivity index (χ0v) is 9.71. The molecule has 0 amide bonds. The highest BCUT2D eigenvalue weighted by Gasteiger charge is 2.02. The van der Waals surface area contributed by atoms with E-state index in [-0.39, 0.29) is 0 Å². The van der Waals surface area contributed by atoms with Gasteiger partial charge in [-0.25, -0.2) is 0 Å². The molecule has 0 fully saturated rings. The smallest absolute Gasteiger partial charge is 0.0664 e. The largest absolute Gasteiger partial charge is 0.399 e. The summed E-state index contributed by atoms with van der Waals surface area (Å²) in [5.74, 6) is 0. The fraction of sp³-hybridized carbons (Fsp3) is 0.500. The summed E-state index contributed by atoms with van der Waals surface area (Å²) < 4.78 is 5.33. The molecule has 3 nitrogen and oxygen atoms in total. The molecule has 84 valence electrons. The Balaban J connectivity index is 2.53. The molecular formula is C12H20N2O. The number of nitrogen functional groups attached to an aromatic ring is 1. The number of aryl methyl sites for hydroxylation is 1. The first-order valence-electron chi connectivity index (χ1n) is 5.34. The molecule has 1 aromatic carbocycles. The normalized spacial score (nSPS) is 12.5. The van der Waals surface area contributed by atoms with E-state index in [1.54, 1.807) is 0 Å². The van der Waals surface area contributed by atoms with Crippen LogP contribution in [0.2, 0.25) is 0 Å². The highest BCUT2D eigenvalue weighted by Crippen LogP contribution is 2.17. The Morgan fingerprint density at radius 1 is 1.47 bits per heavy atom. The summed E-state index contributed by atoms with van der Waals surface area (Å²) in [6.07, 6.45) is 0. The van der Waals surface area contributed by atoms with Crippen LogP contribution in [0.15, 0.2) is 18.2 Å². The number of anilines is 2. The Morgan fingerprint density at radius 3 is 2.80 bits per heavy atom. The number of hydrogen-bond acceptors (Lipinski definition) is 3. The minimum absolute atomic E-state index is 0.313. The van der Waals surface area contributed by atoms with Crippen LogP contribution in [0.1, 0.15) is 19.4 Å². The summed E-state index contributed by atoms with van der Waals surface area (Å²) in [7, 11) is 0. The van der Waals surface area contributed by atoms with Gasteiger partial charge in [0.05, 0.1) is 6.61 Å². The molecule has 3 N–H and O–H groups in total. The summed E-state index contributed by atoms with van der Waals surface area (Å²) in [5.41, 5.74) is 8.77. The third-order valence-corrected chi connectivity index (χ3v) is 2.25. The van der Waals surface area contributed by atoms with Crippen molar-refractivity contribution in [3.8, 4) is 0 Å². The lowest BCUT2D eigenvalue weighted by Crippen LogP contribution is -2.21. The summed E-state index contributed by atoms with van der Waals surface area (Å²) >= 11 is 0. The van der Waals surface area contributed by atoms with Crippen molar-refractivity contribution in [3.05, 3.63) is 23.8 Å². The van der Waals surface area contributed by atoms with Gasteiger partial charge in [-0.2, -0.15) is 0 Å². The van der Waals surface area contributed by atoms with E-state index in [9.17, 15) is 0 Å². The number of benzene rings is 1. The van der Waals surface area contributed by atoms with Gasteiger partial charge < -0.3 is 15.8 Å². The summed E-state index contributed by atoms with van der Waals surface area (Å²) in [6.45, 7) is 7.59. The van der Waals surface area contributed by atoms with Gasteiger partial charge >= 0.3 is 0 Å². The maximum Gasteiger partial charge on any atom is 0.0664 e. The monoisotopic (exact) mass is 208 g/mol. The second kappa shape index (κ2) is 5.61. The van der Waals surface area contributed by atoms with Gasteiger partial charge in [0, 0.05) is 24.0 Å². The van der Waals surface area contributed by atoms with E-state index >= 15 is 0 Å². The third-order valence-electron chi connectivity index (χ3n) is 2.25. The molecule has 0 aliphatic rings. The Labute approximate surface area is 91.6 Å². The number of nitrogens with one attached hydrogen (secondary N) is 1. The van der Waals surface area contributed by atoms with Crippen molar-refractivity contribution < 1.29 is 4.74 Å². The maximum atomic E-state index is 5.75. The van der Waals surface area contributed by atoms with E-state index in [0.29, 0.717) is 6.04 Å². The Bertz CT molecular complexity index is 312. The molecule has 15 heavy (non-hydrogen) atoms. The highest BCUT2D eigenvalue weighted by molar-refractivity contribution is 5.56. The lowest BCUT2D eigenvalue weighted by atomic mass is 10.2. The Hall–Kier alpha value is -1.22. The first-order valence-corrected chi connectivity index (χ1v) is 5.34. The Kier molecular flexibility index (Phi) is 4.43. The summed E-state index contributed by atoms with van der Waals surface area (Å²) in [4.78, 5) is 0. The van der Waals surface area contributed by atoms with Gasteiger partial charge in [0.2, 0.25) is 0 Å². The van der Waals surface area contributed by atoms with Crippen molar-refractivity contribution in [2.24, 2.45) is 0 Å². The molecule has 1 atom stereocenters. The predicted octanol–water partition coefficient (Wildman–Crippen LogP) is 2.41. The van der Waals surface area contributed by atoms with Crippen LogP contribution in [-0.4, -0.2) is 19.3 Å². The van der Waals surface area contributed by atoms with Crippen LogP contribution in [0.3, 0.4) is 0 Å². The average Bonchev–Trinajstić information content (AvgIpc) is 2.20. The fourth-order valence-corrected chi connectivity index (χ4v) is 1.39. The summed E-state index contributed by atoms with van der Waals surface area (Å²) in [6, 6.07) is 6.28. The molecule has 0 bridgehead atoms. The third kappa shape index (κ3) is 3.80. The van der Waals surface area contributed by atoms with Gasteiger partial charge in [0.15, 0.2) is 0 Å². The van der Waals surface area contributed by atoms with Crippen LogP contribution in [-0.2, 0) is 4.74 Å². The van der Waals surface area contributed by atoms with E-state index in [4.69, 9.17) is 10.5 Å². The van der Waals surface area contributed by atoms with Crippen LogP contribution in [0.5, 0.6) is 0 Å². The maximum absolute atomic E-state index is 5.75. The SMILES string of the molecule is CCOCC(C)Nc1ccc(N)c(C)c1. The molecule has 0 spiro atoms. The fourth-order valence-electron chi connectivity index (χ4n) is 1.39. The van der Waals surface area contributed by atoms with Crippen molar-refractivity contribution in [3.63, 3.8) is 0 Å². The van der Waals surface area contributed by atoms with Gasteiger partial charge in [-0.3, -0.25) is 0 Å². The molecule has 0 aliphatic carbocycles. The predicted molar refractivity (Wildman–Crippen MR) is 65.2 cm³/mol. The van der Waals surface area contributed by atoms with E-state index in [0.717, 1.165) is 30.2 Å². The summed E-state index contributed by atoms with van der Waals surface area (Å²) in [5, 5.41) is 3.36. The minimum Gasteiger partial charge on any atom is -0.399 e.